The van der Waals surface area contributed by atoms with Crippen LogP contribution in [-0.2, 0) is 11.3 Å². The summed E-state index contributed by atoms with van der Waals surface area (Å²) in [7, 11) is 0. The van der Waals surface area contributed by atoms with Crippen LogP contribution in [0.25, 0.3) is 11.0 Å². The number of carbonyl (C=O) groups excluding carboxylic acids is 1. The van der Waals surface area contributed by atoms with Gasteiger partial charge in [-0.2, -0.15) is 4.80 Å². The van der Waals surface area contributed by atoms with Crippen LogP contribution < -0.4 is 4.90 Å². The number of amides is 1. The molecule has 1 aliphatic heterocycles. The van der Waals surface area contributed by atoms with Crippen LogP contribution in [0.1, 0.15) is 0 Å². The Kier molecular flexibility index (Phi) is 3.98. The normalized spacial score (nSPS) is 18.5. The fourth-order valence-corrected chi connectivity index (χ4v) is 3.00. The highest BCUT2D eigenvalue weighted by atomic mass is 16.3. The number of nitrogens with zero attached hydrogens (tertiary/aromatic N) is 8. The molecule has 4 rings (SSSR count). The summed E-state index contributed by atoms with van der Waals surface area (Å²) in [5, 5.41) is 22.4. The van der Waals surface area contributed by atoms with E-state index >= 15 is 0 Å². The molecule has 3 aromatic heterocycles. The molecule has 1 fully saturated rings. The highest BCUT2D eigenvalue weighted by molar-refractivity contribution is 5.87. The molecule has 0 unspecified atom stereocenters. The number of hydrogen-bond acceptors (Lipinski definition) is 8. The van der Waals surface area contributed by atoms with Gasteiger partial charge in [-0.1, -0.05) is 0 Å². The van der Waals surface area contributed by atoms with E-state index < -0.39 is 6.10 Å². The molecule has 130 valence electrons. The molecule has 1 aliphatic rings. The lowest BCUT2D eigenvalue weighted by atomic mass is 10.3. The molecule has 0 spiro atoms. The Morgan fingerprint density at radius 1 is 1.28 bits per heavy atom. The van der Waals surface area contributed by atoms with Gasteiger partial charge >= 0.3 is 0 Å². The zero-order valence-corrected chi connectivity index (χ0v) is 13.4. The summed E-state index contributed by atoms with van der Waals surface area (Å²) in [6.45, 7) is 1.68. The standard InChI is InChI=1S/C14H17N9O2/c24-10-5-21(12(25)7-23-19-9-18-20-23)3-4-22(6-10)14-11-1-2-15-13(11)16-8-17-14/h1-2,8-10,24H,3-7H2,(H,15,16,17)/t10-/m0/s1. The monoisotopic (exact) mass is 343 g/mol. The van der Waals surface area contributed by atoms with Gasteiger partial charge in [0.15, 0.2) is 6.33 Å². The third-order valence-corrected chi connectivity index (χ3v) is 4.16. The second-order valence-electron chi connectivity index (χ2n) is 5.84. The van der Waals surface area contributed by atoms with Crippen LogP contribution in [0.2, 0.25) is 0 Å². The molecule has 1 saturated heterocycles. The summed E-state index contributed by atoms with van der Waals surface area (Å²) >= 11 is 0. The van der Waals surface area contributed by atoms with Crippen molar-refractivity contribution in [3.8, 4) is 0 Å². The molecule has 0 bridgehead atoms. The van der Waals surface area contributed by atoms with E-state index in [9.17, 15) is 9.90 Å². The summed E-state index contributed by atoms with van der Waals surface area (Å²) in [4.78, 5) is 28.8. The number of fused-ring (bicyclic) bond motifs is 1. The average Bonchev–Trinajstić information content (AvgIpc) is 3.24. The Morgan fingerprint density at radius 2 is 2.20 bits per heavy atom. The van der Waals surface area contributed by atoms with E-state index in [2.05, 4.69) is 30.4 Å². The fourth-order valence-electron chi connectivity index (χ4n) is 3.00. The van der Waals surface area contributed by atoms with Gasteiger partial charge in [-0.3, -0.25) is 4.79 Å². The number of aromatic amines is 1. The topological polar surface area (TPSA) is 129 Å². The molecule has 2 N–H and O–H groups in total. The van der Waals surface area contributed by atoms with E-state index in [4.69, 9.17) is 0 Å². The zero-order chi connectivity index (χ0) is 17.2. The van der Waals surface area contributed by atoms with Crippen molar-refractivity contribution in [2.24, 2.45) is 0 Å². The Bertz CT molecular complexity index is 862. The van der Waals surface area contributed by atoms with Crippen molar-refractivity contribution in [1.82, 2.24) is 40.1 Å². The second kappa shape index (κ2) is 6.43. The van der Waals surface area contributed by atoms with Gasteiger partial charge < -0.3 is 19.9 Å². The van der Waals surface area contributed by atoms with Crippen molar-refractivity contribution < 1.29 is 9.90 Å². The Balaban J connectivity index is 1.51. The number of β-amino-alcohol motifs (C(OH)–C–C–N with tert-alkyl or cyclic N) is 1. The van der Waals surface area contributed by atoms with Crippen LogP contribution in [0.5, 0.6) is 0 Å². The Hall–Kier alpha value is -3.08. The Morgan fingerprint density at radius 3 is 3.04 bits per heavy atom. The van der Waals surface area contributed by atoms with E-state index in [1.165, 1.54) is 17.5 Å². The maximum Gasteiger partial charge on any atom is 0.246 e. The molecule has 25 heavy (non-hydrogen) atoms. The summed E-state index contributed by atoms with van der Waals surface area (Å²) < 4.78 is 0. The predicted octanol–water partition coefficient (Wildman–Crippen LogP) is -1.35. The first-order valence-electron chi connectivity index (χ1n) is 7.90. The van der Waals surface area contributed by atoms with Gasteiger partial charge in [-0.25, -0.2) is 9.97 Å². The summed E-state index contributed by atoms with van der Waals surface area (Å²) in [5.41, 5.74) is 0.744. The summed E-state index contributed by atoms with van der Waals surface area (Å²) in [6, 6.07) is 1.90. The van der Waals surface area contributed by atoms with Crippen molar-refractivity contribution in [2.75, 3.05) is 31.1 Å². The number of carbonyl (C=O) groups is 1. The number of tetrazole rings is 1. The predicted molar refractivity (Wildman–Crippen MR) is 86.5 cm³/mol. The molecule has 0 saturated carbocycles. The molecule has 0 aliphatic carbocycles. The number of aromatic nitrogens is 7. The number of anilines is 1. The molecule has 1 amide bonds. The average molecular weight is 343 g/mol. The fraction of sp³-hybridized carbons (Fsp3) is 0.429. The molecule has 0 aromatic carbocycles. The van der Waals surface area contributed by atoms with Crippen LogP contribution in [-0.4, -0.2) is 83.4 Å². The first-order valence-corrected chi connectivity index (χ1v) is 7.90. The molecule has 11 nitrogen and oxygen atoms in total. The highest BCUT2D eigenvalue weighted by Crippen LogP contribution is 2.23. The van der Waals surface area contributed by atoms with Crippen molar-refractivity contribution >= 4 is 22.8 Å². The second-order valence-corrected chi connectivity index (χ2v) is 5.84. The van der Waals surface area contributed by atoms with Crippen LogP contribution in [0.4, 0.5) is 5.82 Å². The van der Waals surface area contributed by atoms with Crippen molar-refractivity contribution in [3.63, 3.8) is 0 Å². The van der Waals surface area contributed by atoms with Crippen molar-refractivity contribution in [1.29, 1.82) is 0 Å². The van der Waals surface area contributed by atoms with E-state index in [-0.39, 0.29) is 19.0 Å². The lowest BCUT2D eigenvalue weighted by Crippen LogP contribution is -2.39. The Labute approximate surface area is 142 Å². The van der Waals surface area contributed by atoms with Crippen LogP contribution >= 0.6 is 0 Å². The minimum absolute atomic E-state index is 0.00226. The van der Waals surface area contributed by atoms with E-state index in [1.807, 2.05) is 11.0 Å². The summed E-state index contributed by atoms with van der Waals surface area (Å²) in [6.07, 6.45) is 3.89. The smallest absolute Gasteiger partial charge is 0.246 e. The van der Waals surface area contributed by atoms with Crippen LogP contribution in [0.15, 0.2) is 24.9 Å². The molecular formula is C14H17N9O2. The minimum Gasteiger partial charge on any atom is -0.389 e. The largest absolute Gasteiger partial charge is 0.389 e. The number of H-pyrrole nitrogens is 1. The third kappa shape index (κ3) is 3.13. The number of nitrogens with one attached hydrogen (secondary N) is 1. The maximum atomic E-state index is 12.4. The molecular weight excluding hydrogens is 326 g/mol. The highest BCUT2D eigenvalue weighted by Gasteiger charge is 2.26. The number of hydrogen-bond donors (Lipinski definition) is 2. The zero-order valence-electron chi connectivity index (χ0n) is 13.4. The molecule has 3 aromatic rings. The molecule has 1 atom stereocenters. The third-order valence-electron chi connectivity index (χ3n) is 4.16. The van der Waals surface area contributed by atoms with Crippen molar-refractivity contribution in [2.45, 2.75) is 12.6 Å². The van der Waals surface area contributed by atoms with Gasteiger partial charge in [0, 0.05) is 32.4 Å². The number of rotatable bonds is 3. The molecule has 11 heteroatoms. The first kappa shape index (κ1) is 15.4. The first-order chi connectivity index (χ1) is 12.2. The van der Waals surface area contributed by atoms with Gasteiger partial charge in [0.05, 0.1) is 11.5 Å². The minimum atomic E-state index is -0.681. The van der Waals surface area contributed by atoms with Gasteiger partial charge in [0.2, 0.25) is 5.91 Å². The lowest BCUT2D eigenvalue weighted by molar-refractivity contribution is -0.133. The summed E-state index contributed by atoms with van der Waals surface area (Å²) in [5.74, 6) is 0.589. The van der Waals surface area contributed by atoms with Gasteiger partial charge in [0.25, 0.3) is 0 Å². The maximum absolute atomic E-state index is 12.4. The van der Waals surface area contributed by atoms with E-state index in [1.54, 1.807) is 11.1 Å². The SMILES string of the molecule is O=C(Cn1ncnn1)N1CCN(c2ncnc3[nH]ccc23)C[C@@H](O)C1. The lowest BCUT2D eigenvalue weighted by Gasteiger charge is -2.23. The van der Waals surface area contributed by atoms with Gasteiger partial charge in [0.1, 0.15) is 24.3 Å². The van der Waals surface area contributed by atoms with Crippen LogP contribution in [0.3, 0.4) is 0 Å². The molecule has 4 heterocycles. The van der Waals surface area contributed by atoms with Gasteiger partial charge in [-0.15, -0.1) is 10.2 Å². The van der Waals surface area contributed by atoms with E-state index in [0.717, 1.165) is 16.9 Å². The van der Waals surface area contributed by atoms with E-state index in [0.29, 0.717) is 19.6 Å². The quantitative estimate of drug-likeness (QED) is 0.597. The molecule has 0 radical (unpaired) electrons. The van der Waals surface area contributed by atoms with Crippen LogP contribution in [0, 0.1) is 0 Å². The number of aliphatic hydroxyl groups excluding tert-OH is 1. The van der Waals surface area contributed by atoms with Gasteiger partial charge in [-0.05, 0) is 11.3 Å². The number of aliphatic hydroxyl groups is 1. The van der Waals surface area contributed by atoms with Crippen molar-refractivity contribution in [3.05, 3.63) is 24.9 Å².